The van der Waals surface area contributed by atoms with Gasteiger partial charge in [-0.1, -0.05) is 11.6 Å². The molecule has 1 fully saturated rings. The topological polar surface area (TPSA) is 55.4 Å². The number of sulfone groups is 1. The van der Waals surface area contributed by atoms with Gasteiger partial charge in [0.05, 0.1) is 18.6 Å². The average Bonchev–Trinajstić information content (AvgIpc) is 2.24. The van der Waals surface area contributed by atoms with Crippen molar-refractivity contribution in [3.63, 3.8) is 0 Å². The molecule has 1 aliphatic rings. The van der Waals surface area contributed by atoms with Gasteiger partial charge in [0.2, 0.25) is 0 Å². The van der Waals surface area contributed by atoms with Crippen molar-refractivity contribution in [2.45, 2.75) is 5.75 Å². The van der Waals surface area contributed by atoms with Crippen molar-refractivity contribution >= 4 is 21.4 Å². The molecule has 1 N–H and O–H groups in total. The van der Waals surface area contributed by atoms with E-state index in [2.05, 4.69) is 5.32 Å². The van der Waals surface area contributed by atoms with E-state index in [0.29, 0.717) is 16.3 Å². The van der Waals surface area contributed by atoms with Gasteiger partial charge in [-0.15, -0.1) is 0 Å². The molecule has 2 rings (SSSR count). The molecular formula is C12H16ClNO3S. The lowest BCUT2D eigenvalue weighted by molar-refractivity contribution is 0.378. The van der Waals surface area contributed by atoms with Gasteiger partial charge in [0, 0.05) is 23.7 Å². The van der Waals surface area contributed by atoms with Crippen molar-refractivity contribution < 1.29 is 13.2 Å². The van der Waals surface area contributed by atoms with Gasteiger partial charge in [0.15, 0.2) is 9.84 Å². The number of halogens is 1. The molecule has 0 saturated carbocycles. The van der Waals surface area contributed by atoms with E-state index in [1.54, 1.807) is 18.2 Å². The summed E-state index contributed by atoms with van der Waals surface area (Å²) < 4.78 is 29.3. The number of nitrogens with one attached hydrogen (secondary N) is 1. The van der Waals surface area contributed by atoms with Crippen molar-refractivity contribution in [3.05, 3.63) is 28.8 Å². The first-order valence-electron chi connectivity index (χ1n) is 5.74. The predicted molar refractivity (Wildman–Crippen MR) is 71.9 cm³/mol. The first kappa shape index (κ1) is 13.6. The highest BCUT2D eigenvalue weighted by molar-refractivity contribution is 7.90. The molecule has 0 bridgehead atoms. The van der Waals surface area contributed by atoms with Crippen LogP contribution in [-0.2, 0) is 15.6 Å². The maximum absolute atomic E-state index is 12.1. The molecule has 4 nitrogen and oxygen atoms in total. The van der Waals surface area contributed by atoms with Crippen molar-refractivity contribution in [3.8, 4) is 5.75 Å². The van der Waals surface area contributed by atoms with E-state index in [1.807, 2.05) is 0 Å². The van der Waals surface area contributed by atoms with Crippen LogP contribution in [0.4, 0.5) is 0 Å². The quantitative estimate of drug-likeness (QED) is 0.892. The Bertz CT molecular complexity index is 526. The average molecular weight is 290 g/mol. The zero-order valence-electron chi connectivity index (χ0n) is 10.1. The molecular weight excluding hydrogens is 274 g/mol. The summed E-state index contributed by atoms with van der Waals surface area (Å²) in [6.07, 6.45) is 0. The fraction of sp³-hybridized carbons (Fsp3) is 0.500. The van der Waals surface area contributed by atoms with Crippen LogP contribution in [0.5, 0.6) is 5.75 Å². The number of rotatable bonds is 5. The van der Waals surface area contributed by atoms with Gasteiger partial charge < -0.3 is 10.1 Å². The van der Waals surface area contributed by atoms with Gasteiger partial charge in [0.1, 0.15) is 5.75 Å². The Morgan fingerprint density at radius 2 is 2.17 bits per heavy atom. The smallest absolute Gasteiger partial charge is 0.154 e. The van der Waals surface area contributed by atoms with Gasteiger partial charge >= 0.3 is 0 Å². The van der Waals surface area contributed by atoms with Crippen LogP contribution >= 0.6 is 11.6 Å². The van der Waals surface area contributed by atoms with E-state index in [0.717, 1.165) is 13.1 Å². The summed E-state index contributed by atoms with van der Waals surface area (Å²) in [4.78, 5) is 0. The van der Waals surface area contributed by atoms with Gasteiger partial charge in [-0.3, -0.25) is 0 Å². The second-order valence-corrected chi connectivity index (χ2v) is 7.08. The Morgan fingerprint density at radius 1 is 1.44 bits per heavy atom. The van der Waals surface area contributed by atoms with Crippen LogP contribution in [0.2, 0.25) is 5.02 Å². The van der Waals surface area contributed by atoms with Gasteiger partial charge in [0.25, 0.3) is 0 Å². The summed E-state index contributed by atoms with van der Waals surface area (Å²) in [5, 5.41) is 3.59. The van der Waals surface area contributed by atoms with Gasteiger partial charge in [-0.05, 0) is 24.1 Å². The minimum absolute atomic E-state index is 0.0206. The van der Waals surface area contributed by atoms with Gasteiger partial charge in [-0.2, -0.15) is 0 Å². The monoisotopic (exact) mass is 289 g/mol. The number of benzene rings is 1. The highest BCUT2D eigenvalue weighted by Gasteiger charge is 2.25. The Hall–Kier alpha value is -0.780. The number of methoxy groups -OCH3 is 1. The van der Waals surface area contributed by atoms with Crippen LogP contribution in [-0.4, -0.2) is 34.4 Å². The molecule has 1 saturated heterocycles. The molecule has 1 heterocycles. The third-order valence-corrected chi connectivity index (χ3v) is 4.94. The second-order valence-electron chi connectivity index (χ2n) is 4.54. The lowest BCUT2D eigenvalue weighted by atomic mass is 10.1. The summed E-state index contributed by atoms with van der Waals surface area (Å²) in [6.45, 7) is 1.57. The molecule has 1 aromatic carbocycles. The number of hydrogen-bond acceptors (Lipinski definition) is 4. The number of hydrogen-bond donors (Lipinski definition) is 1. The summed E-state index contributed by atoms with van der Waals surface area (Å²) in [5.41, 5.74) is 0.622. The maximum Gasteiger partial charge on any atom is 0.154 e. The van der Waals surface area contributed by atoms with Crippen LogP contribution in [0.15, 0.2) is 18.2 Å². The predicted octanol–water partition coefficient (Wildman–Crippen LogP) is 1.48. The normalized spacial score (nSPS) is 16.3. The van der Waals surface area contributed by atoms with E-state index in [4.69, 9.17) is 16.3 Å². The fourth-order valence-corrected chi connectivity index (χ4v) is 3.95. The molecule has 0 unspecified atom stereocenters. The summed E-state index contributed by atoms with van der Waals surface area (Å²) >= 11 is 5.89. The molecule has 100 valence electrons. The van der Waals surface area contributed by atoms with Crippen LogP contribution in [0.1, 0.15) is 5.56 Å². The van der Waals surface area contributed by atoms with E-state index < -0.39 is 9.84 Å². The molecule has 0 radical (unpaired) electrons. The molecule has 1 aromatic rings. The van der Waals surface area contributed by atoms with Crippen molar-refractivity contribution in [1.29, 1.82) is 0 Å². The van der Waals surface area contributed by atoms with Crippen molar-refractivity contribution in [1.82, 2.24) is 5.32 Å². The molecule has 0 aromatic heterocycles. The van der Waals surface area contributed by atoms with Crippen LogP contribution in [0.25, 0.3) is 0 Å². The zero-order valence-corrected chi connectivity index (χ0v) is 11.7. The Labute approximate surface area is 112 Å². The largest absolute Gasteiger partial charge is 0.496 e. The summed E-state index contributed by atoms with van der Waals surface area (Å²) in [7, 11) is -1.60. The van der Waals surface area contributed by atoms with Crippen LogP contribution in [0.3, 0.4) is 0 Å². The minimum Gasteiger partial charge on any atom is -0.496 e. The summed E-state index contributed by atoms with van der Waals surface area (Å²) in [6, 6.07) is 5.03. The third-order valence-electron chi connectivity index (χ3n) is 2.97. The third kappa shape index (κ3) is 3.37. The second kappa shape index (κ2) is 5.47. The standard InChI is InChI=1S/C12H16ClNO3S/c1-17-12-3-2-11(13)4-10(12)8-18(15,16)7-9-5-14-6-9/h2-4,9,14H,5-8H2,1H3. The van der Waals surface area contributed by atoms with E-state index in [1.165, 1.54) is 7.11 Å². The van der Waals surface area contributed by atoms with E-state index >= 15 is 0 Å². The zero-order chi connectivity index (χ0) is 13.2. The molecule has 1 aliphatic heterocycles. The lowest BCUT2D eigenvalue weighted by Crippen LogP contribution is -2.45. The Morgan fingerprint density at radius 3 is 2.72 bits per heavy atom. The van der Waals surface area contributed by atoms with Crippen LogP contribution < -0.4 is 10.1 Å². The highest BCUT2D eigenvalue weighted by Crippen LogP contribution is 2.25. The van der Waals surface area contributed by atoms with Gasteiger partial charge in [-0.25, -0.2) is 8.42 Å². The van der Waals surface area contributed by atoms with E-state index in [9.17, 15) is 8.42 Å². The fourth-order valence-electron chi connectivity index (χ4n) is 1.98. The molecule has 18 heavy (non-hydrogen) atoms. The first-order valence-corrected chi connectivity index (χ1v) is 7.93. The molecule has 0 atom stereocenters. The molecule has 0 amide bonds. The number of ether oxygens (including phenoxy) is 1. The maximum atomic E-state index is 12.1. The Kier molecular flexibility index (Phi) is 4.14. The first-order chi connectivity index (χ1) is 8.50. The Balaban J connectivity index is 2.14. The van der Waals surface area contributed by atoms with Crippen molar-refractivity contribution in [2.75, 3.05) is 26.0 Å². The lowest BCUT2D eigenvalue weighted by Gasteiger charge is -2.26. The minimum atomic E-state index is -3.12. The highest BCUT2D eigenvalue weighted by atomic mass is 35.5. The molecule has 0 spiro atoms. The van der Waals surface area contributed by atoms with E-state index in [-0.39, 0.29) is 17.4 Å². The molecule has 6 heteroatoms. The molecule has 0 aliphatic carbocycles. The van der Waals surface area contributed by atoms with Crippen molar-refractivity contribution in [2.24, 2.45) is 5.92 Å². The summed E-state index contributed by atoms with van der Waals surface area (Å²) in [5.74, 6) is 0.998. The SMILES string of the molecule is COc1ccc(Cl)cc1CS(=O)(=O)CC1CNC1. The van der Waals surface area contributed by atoms with Crippen LogP contribution in [0, 0.1) is 5.92 Å².